The highest BCUT2D eigenvalue weighted by Gasteiger charge is 2.51. The summed E-state index contributed by atoms with van der Waals surface area (Å²) in [4.78, 5) is 0. The molecular weight excluding hydrogens is 226 g/mol. The number of hydrogen-bond donors (Lipinski definition) is 1. The summed E-state index contributed by atoms with van der Waals surface area (Å²) in [7, 11) is 2.07. The molecule has 0 heterocycles. The first-order valence-corrected chi connectivity index (χ1v) is 5.57. The summed E-state index contributed by atoms with van der Waals surface area (Å²) in [5.74, 6) is 1.74. The Morgan fingerprint density at radius 1 is 1.38 bits per heavy atom. The highest BCUT2D eigenvalue weighted by molar-refractivity contribution is 9.10. The number of benzene rings is 1. The van der Waals surface area contributed by atoms with Crippen LogP contribution >= 0.6 is 15.9 Å². The number of halogens is 1. The van der Waals surface area contributed by atoms with Crippen molar-refractivity contribution in [2.75, 3.05) is 7.05 Å². The van der Waals surface area contributed by atoms with E-state index in [4.69, 9.17) is 0 Å². The minimum Gasteiger partial charge on any atom is -0.313 e. The maximum absolute atomic E-state index is 3.53. The molecule has 0 aliphatic heterocycles. The molecular formula is C11H12BrN. The largest absolute Gasteiger partial charge is 0.313 e. The molecule has 0 aromatic heterocycles. The summed E-state index contributed by atoms with van der Waals surface area (Å²) in [5, 5.41) is 3.42. The van der Waals surface area contributed by atoms with Crippen molar-refractivity contribution in [3.8, 4) is 0 Å². The molecule has 1 aromatic rings. The predicted octanol–water partition coefficient (Wildman–Crippen LogP) is 2.83. The van der Waals surface area contributed by atoms with Gasteiger partial charge in [0, 0.05) is 10.5 Å². The zero-order valence-corrected chi connectivity index (χ0v) is 9.14. The third-order valence-corrected chi connectivity index (χ3v) is 3.86. The summed E-state index contributed by atoms with van der Waals surface area (Å²) in [6.45, 7) is 0. The molecule has 1 fully saturated rings. The van der Waals surface area contributed by atoms with Gasteiger partial charge in [0.2, 0.25) is 0 Å². The van der Waals surface area contributed by atoms with Crippen molar-refractivity contribution in [1.29, 1.82) is 0 Å². The Hall–Kier alpha value is -0.340. The first kappa shape index (κ1) is 8.01. The smallest absolute Gasteiger partial charge is 0.0355 e. The first-order chi connectivity index (χ1) is 6.31. The molecule has 3 atom stereocenters. The van der Waals surface area contributed by atoms with E-state index in [9.17, 15) is 0 Å². The SMILES string of the molecule is CN[C@H]1c2ccc(Br)cc2[C@H]2C[C@H]21. The van der Waals surface area contributed by atoms with Crippen LogP contribution in [-0.2, 0) is 0 Å². The molecule has 0 bridgehead atoms. The van der Waals surface area contributed by atoms with Crippen molar-refractivity contribution in [1.82, 2.24) is 5.32 Å². The molecule has 0 unspecified atom stereocenters. The van der Waals surface area contributed by atoms with Crippen LogP contribution in [-0.4, -0.2) is 7.05 Å². The van der Waals surface area contributed by atoms with E-state index in [-0.39, 0.29) is 0 Å². The third kappa shape index (κ3) is 1.02. The second-order valence-corrected chi connectivity index (χ2v) is 4.96. The summed E-state index contributed by atoms with van der Waals surface area (Å²) >= 11 is 3.53. The molecule has 1 nitrogen and oxygen atoms in total. The molecule has 0 saturated heterocycles. The molecule has 3 rings (SSSR count). The Labute approximate surface area is 86.7 Å². The molecule has 1 saturated carbocycles. The van der Waals surface area contributed by atoms with Crippen LogP contribution in [0.4, 0.5) is 0 Å². The van der Waals surface area contributed by atoms with Crippen LogP contribution in [0.25, 0.3) is 0 Å². The van der Waals surface area contributed by atoms with Gasteiger partial charge in [-0.2, -0.15) is 0 Å². The van der Waals surface area contributed by atoms with Gasteiger partial charge in [-0.1, -0.05) is 22.0 Å². The van der Waals surface area contributed by atoms with Crippen molar-refractivity contribution in [2.24, 2.45) is 5.92 Å². The van der Waals surface area contributed by atoms with Crippen LogP contribution in [0.15, 0.2) is 22.7 Å². The monoisotopic (exact) mass is 237 g/mol. The Bertz CT molecular complexity index is 361. The fourth-order valence-corrected chi connectivity index (χ4v) is 3.07. The lowest BCUT2D eigenvalue weighted by atomic mass is 10.0. The molecule has 2 aliphatic rings. The molecule has 2 heteroatoms. The number of fused-ring (bicyclic) bond motifs is 3. The topological polar surface area (TPSA) is 12.0 Å². The molecule has 0 amide bonds. The van der Waals surface area contributed by atoms with E-state index in [0.29, 0.717) is 6.04 Å². The molecule has 2 aliphatic carbocycles. The lowest BCUT2D eigenvalue weighted by Gasteiger charge is -2.13. The van der Waals surface area contributed by atoms with Gasteiger partial charge in [-0.25, -0.2) is 0 Å². The zero-order valence-electron chi connectivity index (χ0n) is 7.55. The van der Waals surface area contributed by atoms with E-state index in [2.05, 4.69) is 46.5 Å². The number of hydrogen-bond acceptors (Lipinski definition) is 1. The minimum atomic E-state index is 0.619. The number of rotatable bonds is 1. The Morgan fingerprint density at radius 2 is 2.23 bits per heavy atom. The van der Waals surface area contributed by atoms with Gasteiger partial charge in [0.15, 0.2) is 0 Å². The second kappa shape index (κ2) is 2.58. The van der Waals surface area contributed by atoms with Crippen molar-refractivity contribution in [3.63, 3.8) is 0 Å². The van der Waals surface area contributed by atoms with Crippen molar-refractivity contribution >= 4 is 15.9 Å². The average Bonchev–Trinajstić information content (AvgIpc) is 2.84. The number of nitrogens with one attached hydrogen (secondary N) is 1. The fourth-order valence-electron chi connectivity index (χ4n) is 2.69. The molecule has 68 valence electrons. The first-order valence-electron chi connectivity index (χ1n) is 4.78. The summed E-state index contributed by atoms with van der Waals surface area (Å²) in [6, 6.07) is 7.31. The predicted molar refractivity (Wildman–Crippen MR) is 56.8 cm³/mol. The van der Waals surface area contributed by atoms with Gasteiger partial charge >= 0.3 is 0 Å². The highest BCUT2D eigenvalue weighted by Crippen LogP contribution is 2.61. The van der Waals surface area contributed by atoms with Crippen LogP contribution in [0.1, 0.15) is 29.5 Å². The van der Waals surface area contributed by atoms with E-state index in [1.807, 2.05) is 0 Å². The van der Waals surface area contributed by atoms with Crippen LogP contribution in [0.2, 0.25) is 0 Å². The Kier molecular flexibility index (Phi) is 1.59. The van der Waals surface area contributed by atoms with E-state index >= 15 is 0 Å². The summed E-state index contributed by atoms with van der Waals surface area (Å²) < 4.78 is 1.22. The molecule has 0 radical (unpaired) electrons. The quantitative estimate of drug-likeness (QED) is 0.793. The Balaban J connectivity index is 2.12. The van der Waals surface area contributed by atoms with Crippen molar-refractivity contribution in [3.05, 3.63) is 33.8 Å². The van der Waals surface area contributed by atoms with Gasteiger partial charge in [0.25, 0.3) is 0 Å². The normalized spacial score (nSPS) is 34.2. The van der Waals surface area contributed by atoms with Gasteiger partial charge in [-0.3, -0.25) is 0 Å². The molecule has 13 heavy (non-hydrogen) atoms. The average molecular weight is 238 g/mol. The van der Waals surface area contributed by atoms with Crippen LogP contribution < -0.4 is 5.32 Å². The lowest BCUT2D eigenvalue weighted by Crippen LogP contribution is -2.16. The zero-order chi connectivity index (χ0) is 9.00. The fraction of sp³-hybridized carbons (Fsp3) is 0.455. The standard InChI is InChI=1S/C11H12BrN/c1-13-11-7-3-2-6(12)4-8(7)9-5-10(9)11/h2-4,9-11,13H,5H2,1H3/t9-,10-,11+/m1/s1. The maximum atomic E-state index is 3.53. The van der Waals surface area contributed by atoms with Crippen LogP contribution in [0.5, 0.6) is 0 Å². The summed E-state index contributed by atoms with van der Waals surface area (Å²) in [5.41, 5.74) is 3.09. The second-order valence-electron chi connectivity index (χ2n) is 4.05. The van der Waals surface area contributed by atoms with Crippen LogP contribution in [0.3, 0.4) is 0 Å². The van der Waals surface area contributed by atoms with Crippen molar-refractivity contribution < 1.29 is 0 Å². The minimum absolute atomic E-state index is 0.619. The van der Waals surface area contributed by atoms with Gasteiger partial charge in [0.1, 0.15) is 0 Å². The van der Waals surface area contributed by atoms with E-state index in [0.717, 1.165) is 11.8 Å². The summed E-state index contributed by atoms with van der Waals surface area (Å²) in [6.07, 6.45) is 1.38. The highest BCUT2D eigenvalue weighted by atomic mass is 79.9. The van der Waals surface area contributed by atoms with Gasteiger partial charge in [0.05, 0.1) is 0 Å². The van der Waals surface area contributed by atoms with Crippen molar-refractivity contribution in [2.45, 2.75) is 18.4 Å². The molecule has 1 aromatic carbocycles. The lowest BCUT2D eigenvalue weighted by molar-refractivity contribution is 0.544. The Morgan fingerprint density at radius 3 is 3.00 bits per heavy atom. The van der Waals surface area contributed by atoms with E-state index in [1.165, 1.54) is 16.5 Å². The molecule has 1 N–H and O–H groups in total. The van der Waals surface area contributed by atoms with Crippen LogP contribution in [0, 0.1) is 5.92 Å². The van der Waals surface area contributed by atoms with E-state index in [1.54, 1.807) is 5.56 Å². The van der Waals surface area contributed by atoms with Gasteiger partial charge in [-0.15, -0.1) is 0 Å². The maximum Gasteiger partial charge on any atom is 0.0355 e. The third-order valence-electron chi connectivity index (χ3n) is 3.36. The van der Waals surface area contributed by atoms with E-state index < -0.39 is 0 Å². The van der Waals surface area contributed by atoms with Gasteiger partial charge in [-0.05, 0) is 48.6 Å². The van der Waals surface area contributed by atoms with Gasteiger partial charge < -0.3 is 5.32 Å². The molecule has 0 spiro atoms.